The molecule has 0 atom stereocenters. The van der Waals surface area contributed by atoms with Gasteiger partial charge in [0, 0.05) is 25.1 Å². The van der Waals surface area contributed by atoms with Gasteiger partial charge in [0.2, 0.25) is 5.06 Å². The zero-order valence-electron chi connectivity index (χ0n) is 12.9. The predicted molar refractivity (Wildman–Crippen MR) is 94.6 cm³/mol. The first kappa shape index (κ1) is 17.1. The molecule has 0 bridgehead atoms. The van der Waals surface area contributed by atoms with Gasteiger partial charge in [0.1, 0.15) is 10.8 Å². The van der Waals surface area contributed by atoms with Gasteiger partial charge in [-0.15, -0.1) is 0 Å². The Balaban J connectivity index is 2.26. The molecule has 0 saturated carbocycles. The van der Waals surface area contributed by atoms with Gasteiger partial charge in [0.25, 0.3) is 0 Å². The molecule has 2 aromatic rings. The lowest BCUT2D eigenvalue weighted by molar-refractivity contribution is 0.496. The second kappa shape index (κ2) is 7.31. The Labute approximate surface area is 144 Å². The topological polar surface area (TPSA) is 37.7 Å². The molecule has 0 aliphatic heterocycles. The third kappa shape index (κ3) is 3.91. The minimum absolute atomic E-state index is 0.485. The van der Waals surface area contributed by atoms with Crippen LogP contribution in [0.4, 0.5) is 5.69 Å². The van der Waals surface area contributed by atoms with E-state index in [0.717, 1.165) is 23.5 Å². The van der Waals surface area contributed by atoms with Gasteiger partial charge in [-0.25, -0.2) is 4.99 Å². The Morgan fingerprint density at radius 3 is 2.68 bits per heavy atom. The van der Waals surface area contributed by atoms with Gasteiger partial charge in [-0.2, -0.15) is 4.37 Å². The second-order valence-corrected chi connectivity index (χ2v) is 6.38. The first-order valence-corrected chi connectivity index (χ1v) is 8.29. The smallest absolute Gasteiger partial charge is 0.219 e. The molecule has 7 heteroatoms. The standard InChI is InChI=1S/C15H17Cl2N3OS/c1-5-20(4)8-18-12-7-11(16)13(6-9(12)2)21-15-14(17)10(3)19-22-15/h6-8H,5H2,1-4H3/b18-8-. The number of aliphatic imine (C=N–C) groups is 1. The molecule has 22 heavy (non-hydrogen) atoms. The summed E-state index contributed by atoms with van der Waals surface area (Å²) in [7, 11) is 1.96. The number of aryl methyl sites for hydroxylation is 2. The van der Waals surface area contributed by atoms with Crippen LogP contribution in [-0.4, -0.2) is 29.2 Å². The number of hydrogen-bond acceptors (Lipinski definition) is 4. The van der Waals surface area contributed by atoms with E-state index in [2.05, 4.69) is 16.3 Å². The second-order valence-electron chi connectivity index (χ2n) is 4.86. The molecule has 0 fully saturated rings. The molecule has 1 aromatic heterocycles. The molecule has 0 aliphatic rings. The summed E-state index contributed by atoms with van der Waals surface area (Å²) >= 11 is 13.6. The fourth-order valence-corrected chi connectivity index (χ4v) is 2.70. The van der Waals surface area contributed by atoms with Crippen LogP contribution in [0.2, 0.25) is 10.0 Å². The molecule has 0 radical (unpaired) electrons. The van der Waals surface area contributed by atoms with Crippen molar-refractivity contribution in [1.29, 1.82) is 0 Å². The largest absolute Gasteiger partial charge is 0.442 e. The minimum Gasteiger partial charge on any atom is -0.442 e. The molecule has 0 amide bonds. The normalized spacial score (nSPS) is 11.2. The Bertz CT molecular complexity index is 700. The van der Waals surface area contributed by atoms with Crippen LogP contribution in [0.1, 0.15) is 18.2 Å². The lowest BCUT2D eigenvalue weighted by atomic mass is 10.2. The summed E-state index contributed by atoms with van der Waals surface area (Å²) in [5, 5.41) is 1.55. The Hall–Kier alpha value is -1.30. The number of halogens is 2. The highest BCUT2D eigenvalue weighted by molar-refractivity contribution is 7.08. The number of hydrogen-bond donors (Lipinski definition) is 0. The molecule has 1 aromatic carbocycles. The quantitative estimate of drug-likeness (QED) is 0.525. The van der Waals surface area contributed by atoms with Crippen molar-refractivity contribution in [1.82, 2.24) is 9.27 Å². The lowest BCUT2D eigenvalue weighted by Crippen LogP contribution is -2.14. The highest BCUT2D eigenvalue weighted by atomic mass is 35.5. The van der Waals surface area contributed by atoms with E-state index < -0.39 is 0 Å². The molecule has 0 N–H and O–H groups in total. The van der Waals surface area contributed by atoms with Crippen molar-refractivity contribution in [3.8, 4) is 10.8 Å². The Kier molecular flexibility index (Phi) is 5.67. The fraction of sp³-hybridized carbons (Fsp3) is 0.333. The summed E-state index contributed by atoms with van der Waals surface area (Å²) in [6, 6.07) is 3.64. The summed E-state index contributed by atoms with van der Waals surface area (Å²) in [4.78, 5) is 6.42. The van der Waals surface area contributed by atoms with Gasteiger partial charge < -0.3 is 9.64 Å². The van der Waals surface area contributed by atoms with Crippen LogP contribution >= 0.6 is 34.7 Å². The van der Waals surface area contributed by atoms with Crippen molar-refractivity contribution in [3.05, 3.63) is 33.4 Å². The number of nitrogens with zero attached hydrogens (tertiary/aromatic N) is 3. The molecule has 0 unspecified atom stereocenters. The predicted octanol–water partition coefficient (Wildman–Crippen LogP) is 5.47. The van der Waals surface area contributed by atoms with Crippen LogP contribution < -0.4 is 4.74 Å². The van der Waals surface area contributed by atoms with Crippen LogP contribution in [0.25, 0.3) is 0 Å². The average Bonchev–Trinajstić information content (AvgIpc) is 2.80. The van der Waals surface area contributed by atoms with E-state index in [1.54, 1.807) is 12.4 Å². The van der Waals surface area contributed by atoms with Crippen molar-refractivity contribution in [2.75, 3.05) is 13.6 Å². The molecule has 0 saturated heterocycles. The molecular formula is C15H17Cl2N3OS. The Morgan fingerprint density at radius 2 is 2.09 bits per heavy atom. The van der Waals surface area contributed by atoms with E-state index in [1.165, 1.54) is 11.5 Å². The maximum Gasteiger partial charge on any atom is 0.219 e. The number of rotatable bonds is 5. The zero-order chi connectivity index (χ0) is 16.3. The van der Waals surface area contributed by atoms with Crippen LogP contribution in [-0.2, 0) is 0 Å². The van der Waals surface area contributed by atoms with E-state index in [1.807, 2.05) is 31.9 Å². The van der Waals surface area contributed by atoms with Crippen molar-refractivity contribution in [3.63, 3.8) is 0 Å². The van der Waals surface area contributed by atoms with Crippen molar-refractivity contribution < 1.29 is 4.74 Å². The summed E-state index contributed by atoms with van der Waals surface area (Å²) < 4.78 is 9.93. The average molecular weight is 358 g/mol. The third-order valence-corrected chi connectivity index (χ3v) is 4.78. The SMILES string of the molecule is CCN(C)/C=N\c1cc(Cl)c(Oc2snc(C)c2Cl)cc1C. The molecular weight excluding hydrogens is 341 g/mol. The van der Waals surface area contributed by atoms with Crippen LogP contribution in [0.15, 0.2) is 17.1 Å². The number of benzene rings is 1. The van der Waals surface area contributed by atoms with Crippen molar-refractivity contribution >= 4 is 46.8 Å². The molecule has 0 aliphatic carbocycles. The third-order valence-electron chi connectivity index (χ3n) is 3.11. The molecule has 118 valence electrons. The van der Waals surface area contributed by atoms with Gasteiger partial charge in [-0.05, 0) is 38.5 Å². The zero-order valence-corrected chi connectivity index (χ0v) is 15.2. The molecule has 1 heterocycles. The van der Waals surface area contributed by atoms with Gasteiger partial charge in [-0.3, -0.25) is 0 Å². The fourth-order valence-electron chi connectivity index (χ4n) is 1.61. The van der Waals surface area contributed by atoms with E-state index in [0.29, 0.717) is 20.9 Å². The summed E-state index contributed by atoms with van der Waals surface area (Å²) in [5.41, 5.74) is 2.53. The summed E-state index contributed by atoms with van der Waals surface area (Å²) in [5.74, 6) is 0.549. The van der Waals surface area contributed by atoms with Gasteiger partial charge >= 0.3 is 0 Å². The maximum atomic E-state index is 6.29. The highest BCUT2D eigenvalue weighted by Gasteiger charge is 2.13. The van der Waals surface area contributed by atoms with Crippen LogP contribution in [0.5, 0.6) is 10.8 Å². The first-order chi connectivity index (χ1) is 10.4. The van der Waals surface area contributed by atoms with E-state index in [4.69, 9.17) is 27.9 Å². The monoisotopic (exact) mass is 357 g/mol. The maximum absolute atomic E-state index is 6.29. The molecule has 4 nitrogen and oxygen atoms in total. The van der Waals surface area contributed by atoms with Gasteiger partial charge in [0.05, 0.1) is 22.7 Å². The van der Waals surface area contributed by atoms with Gasteiger partial charge in [0.15, 0.2) is 0 Å². The molecule has 0 spiro atoms. The highest BCUT2D eigenvalue weighted by Crippen LogP contribution is 2.40. The lowest BCUT2D eigenvalue weighted by Gasteiger charge is -2.11. The summed E-state index contributed by atoms with van der Waals surface area (Å²) in [6.45, 7) is 6.74. The molecule has 2 rings (SSSR count). The van der Waals surface area contributed by atoms with E-state index >= 15 is 0 Å². The van der Waals surface area contributed by atoms with Crippen LogP contribution in [0, 0.1) is 13.8 Å². The van der Waals surface area contributed by atoms with Crippen molar-refractivity contribution in [2.45, 2.75) is 20.8 Å². The van der Waals surface area contributed by atoms with E-state index in [-0.39, 0.29) is 0 Å². The van der Waals surface area contributed by atoms with Crippen LogP contribution in [0.3, 0.4) is 0 Å². The Morgan fingerprint density at radius 1 is 1.36 bits per heavy atom. The van der Waals surface area contributed by atoms with Gasteiger partial charge in [-0.1, -0.05) is 23.2 Å². The number of aromatic nitrogens is 1. The first-order valence-electron chi connectivity index (χ1n) is 6.76. The van der Waals surface area contributed by atoms with E-state index in [9.17, 15) is 0 Å². The van der Waals surface area contributed by atoms with Crippen molar-refractivity contribution in [2.24, 2.45) is 4.99 Å². The minimum atomic E-state index is 0.485. The summed E-state index contributed by atoms with van der Waals surface area (Å²) in [6.07, 6.45) is 1.78. The number of ether oxygens (including phenoxy) is 1.